The van der Waals surface area contributed by atoms with Crippen molar-refractivity contribution in [2.75, 3.05) is 18.9 Å². The molecule has 3 aliphatic rings. The van der Waals surface area contributed by atoms with Crippen LogP contribution in [0.25, 0.3) is 0 Å². The molecule has 170 valence electrons. The molecule has 31 heavy (non-hydrogen) atoms. The summed E-state index contributed by atoms with van der Waals surface area (Å²) in [7, 11) is -4.49. The largest absolute Gasteiger partial charge is 0.478 e. The molecule has 2 aliphatic carbocycles. The van der Waals surface area contributed by atoms with Crippen molar-refractivity contribution in [3.63, 3.8) is 0 Å². The number of phosphoric ester groups is 1. The van der Waals surface area contributed by atoms with Gasteiger partial charge in [0, 0.05) is 11.8 Å². The highest BCUT2D eigenvalue weighted by atomic mass is 31.2. The zero-order valence-electron chi connectivity index (χ0n) is 16.1. The van der Waals surface area contributed by atoms with Crippen LogP contribution in [0.15, 0.2) is 28.7 Å². The maximum Gasteiger partial charge on any atom is 0.472 e. The Morgan fingerprint density at radius 3 is 2.65 bits per heavy atom. The van der Waals surface area contributed by atoms with Crippen LogP contribution in [0.4, 0.5) is 5.82 Å². The van der Waals surface area contributed by atoms with Gasteiger partial charge in [-0.05, 0) is 30.2 Å². The van der Waals surface area contributed by atoms with Gasteiger partial charge < -0.3 is 30.7 Å². The van der Waals surface area contributed by atoms with Crippen LogP contribution in [0.3, 0.4) is 0 Å². The van der Waals surface area contributed by atoms with Crippen LogP contribution < -0.4 is 11.4 Å². The van der Waals surface area contributed by atoms with Crippen molar-refractivity contribution in [3.8, 4) is 0 Å². The molecule has 0 amide bonds. The molecule has 4 rings (SSSR count). The zero-order valence-corrected chi connectivity index (χ0v) is 16.9. The van der Waals surface area contributed by atoms with E-state index in [-0.39, 0.29) is 30.2 Å². The first-order chi connectivity index (χ1) is 14.6. The van der Waals surface area contributed by atoms with Crippen molar-refractivity contribution in [1.82, 2.24) is 9.55 Å². The number of nitrogens with zero attached hydrogens (tertiary/aromatic N) is 2. The Morgan fingerprint density at radius 2 is 2.03 bits per heavy atom. The minimum Gasteiger partial charge on any atom is -0.478 e. The van der Waals surface area contributed by atoms with Gasteiger partial charge in [-0.2, -0.15) is 4.98 Å². The van der Waals surface area contributed by atoms with E-state index in [4.69, 9.17) is 24.6 Å². The number of hydrogen-bond acceptors (Lipinski definition) is 10. The summed E-state index contributed by atoms with van der Waals surface area (Å²) >= 11 is 0. The Balaban J connectivity index is 1.29. The van der Waals surface area contributed by atoms with Crippen molar-refractivity contribution in [3.05, 3.63) is 34.4 Å². The Labute approximate surface area is 175 Å². The van der Waals surface area contributed by atoms with E-state index in [2.05, 4.69) is 4.98 Å². The standard InChI is InChI=1S/C17H22N3O10P/c18-12-1-2-20(17(25)19-12)15-14(22)13(21)11(30-15)6-29-31(26,27)28-5-10-8-3-7(16(23)24)4-9(8)10/h1-3,8-11,13-15,21-22H,4-6H2,(H,23,24)(H,26,27)(H2,18,19,25)/t8?,9?,10?,11-,13?,14?,15-/m1/s1. The van der Waals surface area contributed by atoms with Crippen LogP contribution in [-0.4, -0.2) is 67.3 Å². The highest BCUT2D eigenvalue weighted by Crippen LogP contribution is 2.58. The van der Waals surface area contributed by atoms with Crippen LogP contribution in [0, 0.1) is 17.8 Å². The summed E-state index contributed by atoms with van der Waals surface area (Å²) in [6, 6.07) is 1.31. The summed E-state index contributed by atoms with van der Waals surface area (Å²) in [5.41, 5.74) is 4.95. The number of aliphatic carboxylic acids is 1. The van der Waals surface area contributed by atoms with E-state index in [1.54, 1.807) is 6.08 Å². The van der Waals surface area contributed by atoms with Gasteiger partial charge in [0.15, 0.2) is 6.23 Å². The third-order valence-corrected chi connectivity index (χ3v) is 6.77. The fraction of sp³-hybridized carbons (Fsp3) is 0.588. The average molecular weight is 459 g/mol. The van der Waals surface area contributed by atoms with Crippen LogP contribution in [0.5, 0.6) is 0 Å². The topological polar surface area (TPSA) is 204 Å². The van der Waals surface area contributed by atoms with Crippen LogP contribution in [0.1, 0.15) is 12.6 Å². The number of aliphatic hydroxyl groups is 2. The molecule has 0 spiro atoms. The summed E-state index contributed by atoms with van der Waals surface area (Å²) in [6.07, 6.45) is -2.24. The van der Waals surface area contributed by atoms with Gasteiger partial charge in [0.1, 0.15) is 24.1 Å². The number of aromatic nitrogens is 2. The third kappa shape index (κ3) is 4.44. The minimum absolute atomic E-state index is 0.00817. The Hall–Kier alpha value is -2.12. The van der Waals surface area contributed by atoms with E-state index in [0.717, 1.165) is 4.57 Å². The molecule has 1 aromatic rings. The molecule has 1 aliphatic heterocycles. The molecule has 1 saturated carbocycles. The van der Waals surface area contributed by atoms with Gasteiger partial charge in [-0.1, -0.05) is 6.08 Å². The molecule has 1 aromatic heterocycles. The lowest BCUT2D eigenvalue weighted by Crippen LogP contribution is -2.36. The number of phosphoric acid groups is 1. The van der Waals surface area contributed by atoms with Gasteiger partial charge in [-0.3, -0.25) is 13.6 Å². The van der Waals surface area contributed by atoms with Crippen molar-refractivity contribution in [2.24, 2.45) is 17.8 Å². The average Bonchev–Trinajstić information content (AvgIpc) is 3.01. The molecule has 14 heteroatoms. The van der Waals surface area contributed by atoms with E-state index in [1.807, 2.05) is 0 Å². The number of allylic oxidation sites excluding steroid dienone is 1. The van der Waals surface area contributed by atoms with Gasteiger partial charge >= 0.3 is 19.5 Å². The van der Waals surface area contributed by atoms with Gasteiger partial charge in [0.25, 0.3) is 0 Å². The number of ether oxygens (including phenoxy) is 1. The van der Waals surface area contributed by atoms with E-state index in [0.29, 0.717) is 12.0 Å². The van der Waals surface area contributed by atoms with Crippen molar-refractivity contribution >= 4 is 19.6 Å². The summed E-state index contributed by atoms with van der Waals surface area (Å²) in [5.74, 6) is -0.961. The molecule has 0 bridgehead atoms. The van der Waals surface area contributed by atoms with Gasteiger partial charge in [-0.15, -0.1) is 0 Å². The maximum atomic E-state index is 12.1. The number of hydrogen-bond donors (Lipinski definition) is 5. The molecule has 6 unspecified atom stereocenters. The molecular weight excluding hydrogens is 437 g/mol. The third-order valence-electron chi connectivity index (χ3n) is 5.82. The number of nitrogen functional groups attached to an aromatic ring is 1. The summed E-state index contributed by atoms with van der Waals surface area (Å²) in [5, 5.41) is 29.3. The monoisotopic (exact) mass is 459 g/mol. The second kappa shape index (κ2) is 8.10. The Bertz CT molecular complexity index is 1010. The highest BCUT2D eigenvalue weighted by Gasteiger charge is 2.54. The van der Waals surface area contributed by atoms with Gasteiger partial charge in [0.2, 0.25) is 0 Å². The smallest absolute Gasteiger partial charge is 0.472 e. The van der Waals surface area contributed by atoms with Gasteiger partial charge in [0.05, 0.1) is 13.2 Å². The number of rotatable bonds is 8. The molecule has 8 atom stereocenters. The van der Waals surface area contributed by atoms with Crippen LogP contribution in [0.2, 0.25) is 0 Å². The molecule has 13 nitrogen and oxygen atoms in total. The molecular formula is C17H22N3O10P. The first-order valence-electron chi connectivity index (χ1n) is 9.49. The lowest BCUT2D eigenvalue weighted by atomic mass is 10.1. The highest BCUT2D eigenvalue weighted by molar-refractivity contribution is 7.47. The number of aliphatic hydroxyl groups excluding tert-OH is 2. The normalized spacial score (nSPS) is 36.0. The van der Waals surface area contributed by atoms with E-state index in [1.165, 1.54) is 12.3 Å². The molecule has 2 heterocycles. The second-order valence-corrected chi connectivity index (χ2v) is 9.21. The van der Waals surface area contributed by atoms with Crippen LogP contribution in [-0.2, 0) is 23.1 Å². The van der Waals surface area contributed by atoms with E-state index < -0.39 is 50.6 Å². The van der Waals surface area contributed by atoms with E-state index >= 15 is 0 Å². The predicted molar refractivity (Wildman–Crippen MR) is 101 cm³/mol. The summed E-state index contributed by atoms with van der Waals surface area (Å²) in [4.78, 5) is 36.2. The maximum absolute atomic E-state index is 12.1. The number of carbonyl (C=O) groups is 1. The quantitative estimate of drug-likeness (QED) is 0.293. The first kappa shape index (κ1) is 22.1. The zero-order chi connectivity index (χ0) is 22.5. The van der Waals surface area contributed by atoms with Gasteiger partial charge in [-0.25, -0.2) is 14.2 Å². The molecule has 0 aromatic carbocycles. The Kier molecular flexibility index (Phi) is 5.77. The van der Waals surface area contributed by atoms with Crippen molar-refractivity contribution < 1.29 is 43.4 Å². The van der Waals surface area contributed by atoms with Crippen molar-refractivity contribution in [1.29, 1.82) is 0 Å². The number of carboxylic acid groups (broad SMARTS) is 1. The molecule has 6 N–H and O–H groups in total. The van der Waals surface area contributed by atoms with Crippen LogP contribution >= 0.6 is 7.82 Å². The van der Waals surface area contributed by atoms with Crippen molar-refractivity contribution in [2.45, 2.75) is 31.0 Å². The number of carboxylic acids is 1. The molecule has 0 radical (unpaired) electrons. The summed E-state index contributed by atoms with van der Waals surface area (Å²) in [6.45, 7) is -0.668. The fourth-order valence-corrected chi connectivity index (χ4v) is 4.83. The molecule has 2 fully saturated rings. The number of anilines is 1. The molecule has 1 saturated heterocycles. The lowest BCUT2D eigenvalue weighted by molar-refractivity contribution is -0.132. The minimum atomic E-state index is -4.49. The first-order valence-corrected chi connectivity index (χ1v) is 11.0. The lowest BCUT2D eigenvalue weighted by Gasteiger charge is -2.18. The number of fused-ring (bicyclic) bond motifs is 1. The fourth-order valence-electron chi connectivity index (χ4n) is 4.06. The Morgan fingerprint density at radius 1 is 1.32 bits per heavy atom. The second-order valence-electron chi connectivity index (χ2n) is 7.75. The SMILES string of the molecule is Nc1ccn([C@@H]2O[C@H](COP(=O)(O)OCC3C4C=C(C(=O)O)CC43)C(O)C2O)c(=O)n1. The predicted octanol–water partition coefficient (Wildman–Crippen LogP) is -1.14. The number of nitrogens with two attached hydrogens (primary N) is 1. The van der Waals surface area contributed by atoms with E-state index in [9.17, 15) is 29.3 Å². The summed E-state index contributed by atoms with van der Waals surface area (Å²) < 4.78 is 28.4.